The Morgan fingerprint density at radius 2 is 1.89 bits per heavy atom. The van der Waals surface area contributed by atoms with E-state index in [0.29, 0.717) is 0 Å². The zero-order chi connectivity index (χ0) is 13.2. The van der Waals surface area contributed by atoms with E-state index in [1.165, 1.54) is 0 Å². The van der Waals surface area contributed by atoms with E-state index in [-0.39, 0.29) is 11.7 Å². The summed E-state index contributed by atoms with van der Waals surface area (Å²) in [5.74, 6) is 0.418. The first-order chi connectivity index (χ1) is 9.25. The molecule has 3 rings (SSSR count). The quantitative estimate of drug-likeness (QED) is 0.723. The number of rotatable bonds is 1. The van der Waals surface area contributed by atoms with Gasteiger partial charge in [-0.15, -0.1) is 0 Å². The molecule has 0 N–H and O–H groups in total. The number of benzene rings is 1. The predicted molar refractivity (Wildman–Crippen MR) is 75.9 cm³/mol. The Hall–Kier alpha value is -2.22. The highest BCUT2D eigenvalue weighted by atomic mass is 16.1. The molecule has 1 aliphatic rings. The number of Topliss-reactive ketones (excluding diaryl/α,β-unsaturated/α-hetero) is 1. The van der Waals surface area contributed by atoms with Crippen LogP contribution in [0.15, 0.2) is 54.4 Å². The molecule has 0 saturated carbocycles. The molecule has 0 saturated heterocycles. The highest BCUT2D eigenvalue weighted by Crippen LogP contribution is 2.30. The standard InChI is InChI=1S/C17H15NO/c1-12-10-14-4-2-3-5-15(14)17(19)16(12)11-13-6-8-18-9-7-13/h2-9,11-12H,10H2,1H3/b16-11-. The number of carbonyl (C=O) groups is 1. The van der Waals surface area contributed by atoms with Crippen LogP contribution in [0.2, 0.25) is 0 Å². The molecule has 1 aromatic heterocycles. The number of hydrogen-bond acceptors (Lipinski definition) is 2. The summed E-state index contributed by atoms with van der Waals surface area (Å²) in [4.78, 5) is 16.5. The summed E-state index contributed by atoms with van der Waals surface area (Å²) < 4.78 is 0. The molecule has 2 aromatic rings. The average molecular weight is 249 g/mol. The van der Waals surface area contributed by atoms with E-state index in [1.54, 1.807) is 12.4 Å². The SMILES string of the molecule is CC1Cc2ccccc2C(=O)/C1=C\c1ccncc1. The molecule has 0 radical (unpaired) electrons. The maximum Gasteiger partial charge on any atom is 0.189 e. The molecule has 0 amide bonds. The minimum absolute atomic E-state index is 0.158. The molecular formula is C17H15NO. The molecule has 1 aliphatic carbocycles. The minimum atomic E-state index is 0.158. The number of pyridine rings is 1. The molecule has 94 valence electrons. The molecular weight excluding hydrogens is 234 g/mol. The van der Waals surface area contributed by atoms with Gasteiger partial charge in [0.25, 0.3) is 0 Å². The van der Waals surface area contributed by atoms with Gasteiger partial charge < -0.3 is 0 Å². The van der Waals surface area contributed by atoms with Crippen molar-refractivity contribution < 1.29 is 4.79 Å². The predicted octanol–water partition coefficient (Wildman–Crippen LogP) is 3.54. The molecule has 2 heteroatoms. The van der Waals surface area contributed by atoms with Gasteiger partial charge in [0.2, 0.25) is 0 Å². The van der Waals surface area contributed by atoms with Crippen LogP contribution in [-0.4, -0.2) is 10.8 Å². The number of hydrogen-bond donors (Lipinski definition) is 0. The molecule has 0 fully saturated rings. The third-order valence-corrected chi connectivity index (χ3v) is 3.61. The third-order valence-electron chi connectivity index (χ3n) is 3.61. The van der Waals surface area contributed by atoms with Gasteiger partial charge in [-0.05, 0) is 41.7 Å². The van der Waals surface area contributed by atoms with E-state index >= 15 is 0 Å². The van der Waals surface area contributed by atoms with Crippen LogP contribution < -0.4 is 0 Å². The first-order valence-electron chi connectivity index (χ1n) is 6.50. The van der Waals surface area contributed by atoms with Crippen LogP contribution in [0.3, 0.4) is 0 Å². The molecule has 0 spiro atoms. The van der Waals surface area contributed by atoms with Gasteiger partial charge in [0.05, 0.1) is 0 Å². The summed E-state index contributed by atoms with van der Waals surface area (Å²) in [5.41, 5.74) is 3.93. The Balaban J connectivity index is 2.05. The highest BCUT2D eigenvalue weighted by molar-refractivity contribution is 6.13. The lowest BCUT2D eigenvalue weighted by atomic mass is 9.79. The summed E-state index contributed by atoms with van der Waals surface area (Å²) >= 11 is 0. The van der Waals surface area contributed by atoms with Gasteiger partial charge in [0.15, 0.2) is 5.78 Å². The van der Waals surface area contributed by atoms with Crippen LogP contribution in [0, 0.1) is 5.92 Å². The molecule has 1 aromatic carbocycles. The highest BCUT2D eigenvalue weighted by Gasteiger charge is 2.26. The van der Waals surface area contributed by atoms with Gasteiger partial charge >= 0.3 is 0 Å². The van der Waals surface area contributed by atoms with Crippen molar-refractivity contribution in [2.24, 2.45) is 5.92 Å². The van der Waals surface area contributed by atoms with Crippen molar-refractivity contribution in [1.29, 1.82) is 0 Å². The van der Waals surface area contributed by atoms with E-state index in [4.69, 9.17) is 0 Å². The smallest absolute Gasteiger partial charge is 0.189 e. The van der Waals surface area contributed by atoms with Crippen LogP contribution in [0.5, 0.6) is 0 Å². The maximum atomic E-state index is 12.5. The number of ketones is 1. The Labute approximate surface area is 112 Å². The number of nitrogens with zero attached hydrogens (tertiary/aromatic N) is 1. The average Bonchev–Trinajstić information content (AvgIpc) is 2.45. The number of aromatic nitrogens is 1. The van der Waals surface area contributed by atoms with Crippen LogP contribution in [-0.2, 0) is 6.42 Å². The van der Waals surface area contributed by atoms with Crippen molar-refractivity contribution in [3.63, 3.8) is 0 Å². The number of fused-ring (bicyclic) bond motifs is 1. The van der Waals surface area contributed by atoms with Crippen molar-refractivity contribution in [3.8, 4) is 0 Å². The van der Waals surface area contributed by atoms with Crippen LogP contribution in [0.4, 0.5) is 0 Å². The van der Waals surface area contributed by atoms with E-state index in [1.807, 2.05) is 42.5 Å². The van der Waals surface area contributed by atoms with Gasteiger partial charge in [-0.1, -0.05) is 31.2 Å². The Morgan fingerprint density at radius 3 is 2.68 bits per heavy atom. The van der Waals surface area contributed by atoms with Crippen LogP contribution >= 0.6 is 0 Å². The fourth-order valence-electron chi connectivity index (χ4n) is 2.59. The Bertz CT molecular complexity index is 643. The first kappa shape index (κ1) is 11.8. The van der Waals surface area contributed by atoms with Gasteiger partial charge in [0.1, 0.15) is 0 Å². The lowest BCUT2D eigenvalue weighted by Crippen LogP contribution is -2.21. The van der Waals surface area contributed by atoms with Gasteiger partial charge in [-0.25, -0.2) is 0 Å². The number of allylic oxidation sites excluding steroid dienone is 1. The fraction of sp³-hybridized carbons (Fsp3) is 0.176. The van der Waals surface area contributed by atoms with Crippen molar-refractivity contribution >= 4 is 11.9 Å². The van der Waals surface area contributed by atoms with Crippen LogP contribution in [0.25, 0.3) is 6.08 Å². The summed E-state index contributed by atoms with van der Waals surface area (Å²) in [6, 6.07) is 11.7. The Kier molecular flexibility index (Phi) is 3.00. The summed E-state index contributed by atoms with van der Waals surface area (Å²) in [6.45, 7) is 2.11. The van der Waals surface area contributed by atoms with E-state index in [0.717, 1.165) is 28.7 Å². The fourth-order valence-corrected chi connectivity index (χ4v) is 2.59. The maximum absolute atomic E-state index is 12.5. The lowest BCUT2D eigenvalue weighted by molar-refractivity contribution is 0.101. The van der Waals surface area contributed by atoms with Crippen molar-refractivity contribution in [1.82, 2.24) is 4.98 Å². The van der Waals surface area contributed by atoms with E-state index < -0.39 is 0 Å². The van der Waals surface area contributed by atoms with Crippen LogP contribution in [0.1, 0.15) is 28.4 Å². The molecule has 2 nitrogen and oxygen atoms in total. The summed E-state index contributed by atoms with van der Waals surface area (Å²) in [5, 5.41) is 0. The third kappa shape index (κ3) is 2.22. The zero-order valence-electron chi connectivity index (χ0n) is 10.8. The van der Waals surface area contributed by atoms with Crippen molar-refractivity contribution in [2.45, 2.75) is 13.3 Å². The van der Waals surface area contributed by atoms with Gasteiger partial charge in [0, 0.05) is 23.5 Å². The Morgan fingerprint density at radius 1 is 1.16 bits per heavy atom. The van der Waals surface area contributed by atoms with Crippen molar-refractivity contribution in [3.05, 3.63) is 71.1 Å². The molecule has 1 unspecified atom stereocenters. The number of carbonyl (C=O) groups excluding carboxylic acids is 1. The molecule has 0 aliphatic heterocycles. The van der Waals surface area contributed by atoms with E-state index in [9.17, 15) is 4.79 Å². The topological polar surface area (TPSA) is 30.0 Å². The monoisotopic (exact) mass is 249 g/mol. The molecule has 1 heterocycles. The lowest BCUT2D eigenvalue weighted by Gasteiger charge is -2.23. The molecule has 1 atom stereocenters. The second kappa shape index (κ2) is 4.81. The van der Waals surface area contributed by atoms with E-state index in [2.05, 4.69) is 11.9 Å². The first-order valence-corrected chi connectivity index (χ1v) is 6.50. The largest absolute Gasteiger partial charge is 0.289 e. The second-order valence-electron chi connectivity index (χ2n) is 4.97. The molecule has 0 bridgehead atoms. The van der Waals surface area contributed by atoms with Gasteiger partial charge in [-0.2, -0.15) is 0 Å². The molecule has 19 heavy (non-hydrogen) atoms. The zero-order valence-corrected chi connectivity index (χ0v) is 10.8. The summed E-state index contributed by atoms with van der Waals surface area (Å²) in [7, 11) is 0. The minimum Gasteiger partial charge on any atom is -0.289 e. The van der Waals surface area contributed by atoms with Gasteiger partial charge in [-0.3, -0.25) is 9.78 Å². The van der Waals surface area contributed by atoms with Crippen molar-refractivity contribution in [2.75, 3.05) is 0 Å². The summed E-state index contributed by atoms with van der Waals surface area (Å²) in [6.07, 6.45) is 6.42. The second-order valence-corrected chi connectivity index (χ2v) is 4.97. The normalized spacial score (nSPS) is 20.4.